The maximum atomic E-state index is 12.6. The zero-order valence-electron chi connectivity index (χ0n) is 12.0. The number of aliphatic hydroxyl groups excluding tert-OH is 1. The second kappa shape index (κ2) is 6.22. The SMILES string of the molecule is CN1CCCC(N(C)S(=O)(=O)c2cccc(CO)c2)C1. The molecule has 1 fully saturated rings. The van der Waals surface area contributed by atoms with Gasteiger partial charge in [0, 0.05) is 19.6 Å². The zero-order chi connectivity index (χ0) is 14.8. The Morgan fingerprint density at radius 3 is 2.85 bits per heavy atom. The van der Waals surface area contributed by atoms with Gasteiger partial charge in [-0.15, -0.1) is 0 Å². The van der Waals surface area contributed by atoms with Gasteiger partial charge in [-0.2, -0.15) is 4.31 Å². The summed E-state index contributed by atoms with van der Waals surface area (Å²) >= 11 is 0. The Balaban J connectivity index is 2.24. The zero-order valence-corrected chi connectivity index (χ0v) is 12.8. The maximum absolute atomic E-state index is 12.6. The highest BCUT2D eigenvalue weighted by molar-refractivity contribution is 7.89. The average Bonchev–Trinajstić information content (AvgIpc) is 2.46. The summed E-state index contributed by atoms with van der Waals surface area (Å²) in [5, 5.41) is 9.13. The fraction of sp³-hybridized carbons (Fsp3) is 0.571. The summed E-state index contributed by atoms with van der Waals surface area (Å²) in [6.45, 7) is 1.62. The van der Waals surface area contributed by atoms with E-state index in [0.717, 1.165) is 25.9 Å². The first-order chi connectivity index (χ1) is 9.45. The molecule has 1 aliphatic heterocycles. The van der Waals surface area contributed by atoms with Gasteiger partial charge in [0.2, 0.25) is 10.0 Å². The van der Waals surface area contributed by atoms with Gasteiger partial charge in [0.05, 0.1) is 11.5 Å². The molecule has 1 aromatic carbocycles. The van der Waals surface area contributed by atoms with Crippen LogP contribution in [0.25, 0.3) is 0 Å². The average molecular weight is 298 g/mol. The van der Waals surface area contributed by atoms with E-state index in [1.807, 2.05) is 7.05 Å². The summed E-state index contributed by atoms with van der Waals surface area (Å²) in [6, 6.07) is 6.51. The minimum Gasteiger partial charge on any atom is -0.392 e. The third-order valence-electron chi connectivity index (χ3n) is 3.87. The van der Waals surface area contributed by atoms with Crippen LogP contribution < -0.4 is 0 Å². The van der Waals surface area contributed by atoms with Crippen molar-refractivity contribution in [3.05, 3.63) is 29.8 Å². The first kappa shape index (κ1) is 15.4. The first-order valence-electron chi connectivity index (χ1n) is 6.81. The third kappa shape index (κ3) is 3.20. The molecule has 20 heavy (non-hydrogen) atoms. The summed E-state index contributed by atoms with van der Waals surface area (Å²) in [6.07, 6.45) is 1.90. The maximum Gasteiger partial charge on any atom is 0.243 e. The van der Waals surface area contributed by atoms with Gasteiger partial charge in [-0.1, -0.05) is 12.1 Å². The predicted molar refractivity (Wildman–Crippen MR) is 77.8 cm³/mol. The molecular weight excluding hydrogens is 276 g/mol. The lowest BCUT2D eigenvalue weighted by Gasteiger charge is -2.35. The number of sulfonamides is 1. The Bertz CT molecular complexity index is 559. The largest absolute Gasteiger partial charge is 0.392 e. The molecule has 1 atom stereocenters. The number of rotatable bonds is 4. The highest BCUT2D eigenvalue weighted by atomic mass is 32.2. The number of likely N-dealkylation sites (N-methyl/N-ethyl adjacent to an activating group) is 2. The highest BCUT2D eigenvalue weighted by Gasteiger charge is 2.30. The van der Waals surface area contributed by atoms with Crippen LogP contribution in [0.3, 0.4) is 0 Å². The molecule has 0 aliphatic carbocycles. The molecule has 1 aliphatic rings. The van der Waals surface area contributed by atoms with Crippen LogP contribution in [-0.4, -0.2) is 56.0 Å². The lowest BCUT2D eigenvalue weighted by Crippen LogP contribution is -2.47. The lowest BCUT2D eigenvalue weighted by atomic mass is 10.1. The van der Waals surface area contributed by atoms with Crippen molar-refractivity contribution in [2.24, 2.45) is 0 Å². The van der Waals surface area contributed by atoms with Gasteiger partial charge in [0.15, 0.2) is 0 Å². The molecule has 1 aromatic rings. The van der Waals surface area contributed by atoms with Crippen molar-refractivity contribution >= 4 is 10.0 Å². The number of hydrogen-bond acceptors (Lipinski definition) is 4. The smallest absolute Gasteiger partial charge is 0.243 e. The molecule has 2 rings (SSSR count). The summed E-state index contributed by atoms with van der Waals surface area (Å²) in [4.78, 5) is 2.41. The van der Waals surface area contributed by atoms with Gasteiger partial charge >= 0.3 is 0 Å². The van der Waals surface area contributed by atoms with Gasteiger partial charge in [0.25, 0.3) is 0 Å². The van der Waals surface area contributed by atoms with Crippen LogP contribution in [0.4, 0.5) is 0 Å². The quantitative estimate of drug-likeness (QED) is 0.897. The number of likely N-dealkylation sites (tertiary alicyclic amines) is 1. The Morgan fingerprint density at radius 1 is 1.45 bits per heavy atom. The molecular formula is C14H22N2O3S. The van der Waals surface area contributed by atoms with Crippen LogP contribution in [0.1, 0.15) is 18.4 Å². The predicted octanol–water partition coefficient (Wildman–Crippen LogP) is 0.894. The molecule has 1 N–H and O–H groups in total. The van der Waals surface area contributed by atoms with Crippen molar-refractivity contribution in [1.82, 2.24) is 9.21 Å². The first-order valence-corrected chi connectivity index (χ1v) is 8.25. The Hall–Kier alpha value is -0.950. The fourth-order valence-corrected chi connectivity index (χ4v) is 4.05. The van der Waals surface area contributed by atoms with Gasteiger partial charge in [-0.25, -0.2) is 8.42 Å². The van der Waals surface area contributed by atoms with Crippen LogP contribution in [0.15, 0.2) is 29.2 Å². The monoisotopic (exact) mass is 298 g/mol. The second-order valence-corrected chi connectivity index (χ2v) is 7.38. The highest BCUT2D eigenvalue weighted by Crippen LogP contribution is 2.22. The summed E-state index contributed by atoms with van der Waals surface area (Å²) in [5.41, 5.74) is 0.611. The molecule has 112 valence electrons. The molecule has 0 saturated carbocycles. The Kier molecular flexibility index (Phi) is 4.80. The number of aliphatic hydroxyl groups is 1. The molecule has 6 heteroatoms. The second-order valence-electron chi connectivity index (χ2n) is 5.39. The number of benzene rings is 1. The van der Waals surface area contributed by atoms with E-state index in [9.17, 15) is 8.42 Å². The standard InChI is InChI=1S/C14H22N2O3S/c1-15-8-4-6-13(10-15)16(2)20(18,19)14-7-3-5-12(9-14)11-17/h3,5,7,9,13,17H,4,6,8,10-11H2,1-2H3. The van der Waals surface area contributed by atoms with Crippen LogP contribution >= 0.6 is 0 Å². The van der Waals surface area contributed by atoms with Crippen molar-refractivity contribution in [2.45, 2.75) is 30.4 Å². The van der Waals surface area contributed by atoms with Crippen LogP contribution in [-0.2, 0) is 16.6 Å². The topological polar surface area (TPSA) is 60.9 Å². The third-order valence-corrected chi connectivity index (χ3v) is 5.78. The molecule has 0 bridgehead atoms. The van der Waals surface area contributed by atoms with Crippen molar-refractivity contribution in [1.29, 1.82) is 0 Å². The van der Waals surface area contributed by atoms with E-state index in [0.29, 0.717) is 5.56 Å². The van der Waals surface area contributed by atoms with E-state index in [1.165, 1.54) is 4.31 Å². The van der Waals surface area contributed by atoms with Crippen molar-refractivity contribution < 1.29 is 13.5 Å². The van der Waals surface area contributed by atoms with E-state index in [4.69, 9.17) is 5.11 Å². The van der Waals surface area contributed by atoms with Crippen LogP contribution in [0.5, 0.6) is 0 Å². The number of nitrogens with zero attached hydrogens (tertiary/aromatic N) is 2. The minimum absolute atomic E-state index is 0.0107. The summed E-state index contributed by atoms with van der Waals surface area (Å²) in [7, 11) is 0.157. The molecule has 0 amide bonds. The van der Waals surface area contributed by atoms with Crippen molar-refractivity contribution in [3.63, 3.8) is 0 Å². The normalized spacial score (nSPS) is 21.3. The van der Waals surface area contributed by atoms with E-state index >= 15 is 0 Å². The van der Waals surface area contributed by atoms with E-state index in [-0.39, 0.29) is 17.5 Å². The van der Waals surface area contributed by atoms with Crippen molar-refractivity contribution in [3.8, 4) is 0 Å². The van der Waals surface area contributed by atoms with Crippen LogP contribution in [0, 0.1) is 0 Å². The molecule has 0 aromatic heterocycles. The van der Waals surface area contributed by atoms with Gasteiger partial charge in [-0.3, -0.25) is 0 Å². The van der Waals surface area contributed by atoms with Gasteiger partial charge in [0.1, 0.15) is 0 Å². The molecule has 0 radical (unpaired) electrons. The van der Waals surface area contributed by atoms with E-state index in [1.54, 1.807) is 31.3 Å². The fourth-order valence-electron chi connectivity index (χ4n) is 2.60. The molecule has 5 nitrogen and oxygen atoms in total. The van der Waals surface area contributed by atoms with Crippen molar-refractivity contribution in [2.75, 3.05) is 27.2 Å². The number of hydrogen-bond donors (Lipinski definition) is 1. The Morgan fingerprint density at radius 2 is 2.20 bits per heavy atom. The Labute approximate surface area is 120 Å². The molecule has 1 unspecified atom stereocenters. The van der Waals surface area contributed by atoms with E-state index in [2.05, 4.69) is 4.90 Å². The van der Waals surface area contributed by atoms with E-state index < -0.39 is 10.0 Å². The van der Waals surface area contributed by atoms with Crippen LogP contribution in [0.2, 0.25) is 0 Å². The summed E-state index contributed by atoms with van der Waals surface area (Å²) in [5.74, 6) is 0. The lowest BCUT2D eigenvalue weighted by molar-refractivity contribution is 0.187. The van der Waals surface area contributed by atoms with Gasteiger partial charge < -0.3 is 10.0 Å². The van der Waals surface area contributed by atoms with Gasteiger partial charge in [-0.05, 0) is 44.1 Å². The molecule has 1 heterocycles. The minimum atomic E-state index is -3.50. The molecule has 0 spiro atoms. The summed E-state index contributed by atoms with van der Waals surface area (Å²) < 4.78 is 26.7. The molecule has 1 saturated heterocycles. The number of piperidine rings is 1.